The molecule has 2 aromatic carbocycles. The fourth-order valence-corrected chi connectivity index (χ4v) is 3.60. The highest BCUT2D eigenvalue weighted by Crippen LogP contribution is 2.23. The number of piperazine rings is 1. The monoisotopic (exact) mass is 405 g/mol. The molecule has 1 saturated heterocycles. The lowest BCUT2D eigenvalue weighted by Crippen LogP contribution is -2.48. The van der Waals surface area contributed by atoms with Gasteiger partial charge in [-0.15, -0.1) is 0 Å². The highest BCUT2D eigenvalue weighted by atomic mass is 35.5. The van der Waals surface area contributed by atoms with Crippen molar-refractivity contribution in [2.45, 2.75) is 20.4 Å². The van der Waals surface area contributed by atoms with Crippen LogP contribution in [0.25, 0.3) is 0 Å². The Bertz CT molecular complexity index is 817. The highest BCUT2D eigenvalue weighted by molar-refractivity contribution is 6.42. The van der Waals surface area contributed by atoms with Crippen LogP contribution in [0.2, 0.25) is 10.0 Å². The zero-order valence-corrected chi connectivity index (χ0v) is 17.3. The third-order valence-corrected chi connectivity index (χ3v) is 5.84. The Labute approximate surface area is 171 Å². The van der Waals surface area contributed by atoms with Crippen molar-refractivity contribution >= 4 is 34.8 Å². The lowest BCUT2D eigenvalue weighted by molar-refractivity contribution is -0.117. The summed E-state index contributed by atoms with van der Waals surface area (Å²) in [6, 6.07) is 11.8. The van der Waals surface area contributed by atoms with Crippen LogP contribution in [0.1, 0.15) is 16.7 Å². The van der Waals surface area contributed by atoms with Gasteiger partial charge in [0.25, 0.3) is 0 Å². The van der Waals surface area contributed by atoms with Gasteiger partial charge in [0.05, 0.1) is 16.6 Å². The molecule has 4 nitrogen and oxygen atoms in total. The molecule has 0 bridgehead atoms. The summed E-state index contributed by atoms with van der Waals surface area (Å²) in [5, 5.41) is 4.22. The number of hydrogen-bond acceptors (Lipinski definition) is 3. The Kier molecular flexibility index (Phi) is 6.77. The van der Waals surface area contributed by atoms with E-state index in [0.717, 1.165) is 49.5 Å². The van der Waals surface area contributed by atoms with Crippen LogP contribution >= 0.6 is 23.2 Å². The number of carbonyl (C=O) groups excluding carboxylic acids is 1. The van der Waals surface area contributed by atoms with E-state index in [-0.39, 0.29) is 5.91 Å². The second kappa shape index (κ2) is 9.07. The fraction of sp³-hybridized carbons (Fsp3) is 0.381. The highest BCUT2D eigenvalue weighted by Gasteiger charge is 2.19. The van der Waals surface area contributed by atoms with E-state index in [0.29, 0.717) is 16.6 Å². The minimum atomic E-state index is 0.0432. The molecular weight excluding hydrogens is 381 g/mol. The number of nitrogens with zero attached hydrogens (tertiary/aromatic N) is 2. The summed E-state index contributed by atoms with van der Waals surface area (Å²) in [6.07, 6.45) is 0. The average molecular weight is 406 g/mol. The summed E-state index contributed by atoms with van der Waals surface area (Å²) >= 11 is 12.1. The molecule has 0 aromatic heterocycles. The number of amides is 1. The van der Waals surface area contributed by atoms with Gasteiger partial charge in [-0.1, -0.05) is 41.4 Å². The first-order chi connectivity index (χ1) is 12.9. The van der Waals surface area contributed by atoms with E-state index in [1.54, 1.807) is 0 Å². The fourth-order valence-electron chi connectivity index (χ4n) is 3.28. The van der Waals surface area contributed by atoms with Gasteiger partial charge in [0.2, 0.25) is 5.91 Å². The van der Waals surface area contributed by atoms with Crippen LogP contribution in [0, 0.1) is 13.8 Å². The summed E-state index contributed by atoms with van der Waals surface area (Å²) in [5.74, 6) is 0.0432. The first-order valence-corrected chi connectivity index (χ1v) is 9.92. The molecule has 144 valence electrons. The van der Waals surface area contributed by atoms with Crippen molar-refractivity contribution in [3.05, 3.63) is 63.1 Å². The molecule has 1 aliphatic rings. The predicted molar refractivity (Wildman–Crippen MR) is 113 cm³/mol. The lowest BCUT2D eigenvalue weighted by atomic mass is 10.1. The first-order valence-electron chi connectivity index (χ1n) is 9.17. The van der Waals surface area contributed by atoms with Gasteiger partial charge in [0, 0.05) is 38.4 Å². The number of carbonyl (C=O) groups is 1. The number of rotatable bonds is 5. The molecule has 0 spiro atoms. The van der Waals surface area contributed by atoms with Gasteiger partial charge < -0.3 is 5.32 Å². The van der Waals surface area contributed by atoms with Crippen molar-refractivity contribution in [2.75, 3.05) is 38.0 Å². The van der Waals surface area contributed by atoms with Gasteiger partial charge in [0.1, 0.15) is 0 Å². The molecule has 1 N–H and O–H groups in total. The number of benzene rings is 2. The Hall–Kier alpha value is -1.59. The number of hydrogen-bond donors (Lipinski definition) is 1. The van der Waals surface area contributed by atoms with Gasteiger partial charge in [0.15, 0.2) is 0 Å². The maximum absolute atomic E-state index is 12.4. The van der Waals surface area contributed by atoms with Gasteiger partial charge in [-0.2, -0.15) is 0 Å². The largest absolute Gasteiger partial charge is 0.325 e. The molecule has 6 heteroatoms. The summed E-state index contributed by atoms with van der Waals surface area (Å²) in [4.78, 5) is 17.0. The van der Waals surface area contributed by atoms with E-state index in [9.17, 15) is 4.79 Å². The number of halogens is 2. The Morgan fingerprint density at radius 1 is 1.00 bits per heavy atom. The molecule has 2 aromatic rings. The quantitative estimate of drug-likeness (QED) is 0.801. The van der Waals surface area contributed by atoms with E-state index >= 15 is 0 Å². The zero-order valence-electron chi connectivity index (χ0n) is 15.8. The Morgan fingerprint density at radius 2 is 1.70 bits per heavy atom. The van der Waals surface area contributed by atoms with Crippen LogP contribution in [0.5, 0.6) is 0 Å². The van der Waals surface area contributed by atoms with Gasteiger partial charge in [-0.3, -0.25) is 14.6 Å². The molecule has 0 unspecified atom stereocenters. The van der Waals surface area contributed by atoms with Crippen LogP contribution in [-0.4, -0.2) is 48.4 Å². The Balaban J connectivity index is 1.47. The third kappa shape index (κ3) is 5.45. The van der Waals surface area contributed by atoms with Gasteiger partial charge in [-0.25, -0.2) is 0 Å². The van der Waals surface area contributed by atoms with Crippen molar-refractivity contribution in [1.82, 2.24) is 9.80 Å². The number of nitrogens with one attached hydrogen (secondary N) is 1. The van der Waals surface area contributed by atoms with Gasteiger partial charge >= 0.3 is 0 Å². The van der Waals surface area contributed by atoms with E-state index < -0.39 is 0 Å². The number of aryl methyl sites for hydroxylation is 1. The minimum Gasteiger partial charge on any atom is -0.325 e. The summed E-state index contributed by atoms with van der Waals surface area (Å²) in [6.45, 7) is 8.97. The maximum Gasteiger partial charge on any atom is 0.238 e. The molecule has 1 amide bonds. The molecule has 0 aliphatic carbocycles. The van der Waals surface area contributed by atoms with Gasteiger partial charge in [-0.05, 0) is 48.7 Å². The van der Waals surface area contributed by atoms with E-state index in [1.165, 1.54) is 5.56 Å². The van der Waals surface area contributed by atoms with E-state index in [1.807, 2.05) is 37.3 Å². The molecule has 1 heterocycles. The molecule has 0 radical (unpaired) electrons. The van der Waals surface area contributed by atoms with E-state index in [2.05, 4.69) is 28.1 Å². The van der Waals surface area contributed by atoms with Crippen LogP contribution in [0.3, 0.4) is 0 Å². The van der Waals surface area contributed by atoms with Crippen LogP contribution in [0.15, 0.2) is 36.4 Å². The van der Waals surface area contributed by atoms with Crippen molar-refractivity contribution < 1.29 is 4.79 Å². The molecule has 0 atom stereocenters. The standard InChI is InChI=1S/C21H25Cl2N3O/c1-15-4-3-5-20(16(15)2)24-21(27)14-26-10-8-25(9-11-26)13-17-6-7-18(22)19(23)12-17/h3-7,12H,8-11,13-14H2,1-2H3,(H,24,27). The molecule has 3 rings (SSSR count). The van der Waals surface area contributed by atoms with Crippen molar-refractivity contribution in [2.24, 2.45) is 0 Å². The molecule has 1 aliphatic heterocycles. The minimum absolute atomic E-state index is 0.0432. The van der Waals surface area contributed by atoms with Crippen molar-refractivity contribution in [3.63, 3.8) is 0 Å². The second-order valence-electron chi connectivity index (χ2n) is 7.10. The third-order valence-electron chi connectivity index (χ3n) is 5.10. The van der Waals surface area contributed by atoms with Crippen LogP contribution < -0.4 is 5.32 Å². The first kappa shape index (κ1) is 20.2. The summed E-state index contributed by atoms with van der Waals surface area (Å²) < 4.78 is 0. The van der Waals surface area contributed by atoms with E-state index in [4.69, 9.17) is 23.2 Å². The molecule has 1 fully saturated rings. The van der Waals surface area contributed by atoms with Crippen LogP contribution in [0.4, 0.5) is 5.69 Å². The lowest BCUT2D eigenvalue weighted by Gasteiger charge is -2.34. The Morgan fingerprint density at radius 3 is 2.41 bits per heavy atom. The SMILES string of the molecule is Cc1cccc(NC(=O)CN2CCN(Cc3ccc(Cl)c(Cl)c3)CC2)c1C. The topological polar surface area (TPSA) is 35.6 Å². The normalized spacial score (nSPS) is 15.7. The molecule has 0 saturated carbocycles. The molecular formula is C21H25Cl2N3O. The van der Waals surface area contributed by atoms with Crippen molar-refractivity contribution in [3.8, 4) is 0 Å². The second-order valence-corrected chi connectivity index (χ2v) is 7.91. The smallest absolute Gasteiger partial charge is 0.238 e. The summed E-state index contributed by atoms with van der Waals surface area (Å²) in [5.41, 5.74) is 4.37. The average Bonchev–Trinajstić information content (AvgIpc) is 2.64. The number of anilines is 1. The zero-order chi connectivity index (χ0) is 19.4. The molecule has 27 heavy (non-hydrogen) atoms. The van der Waals surface area contributed by atoms with Crippen molar-refractivity contribution in [1.29, 1.82) is 0 Å². The van der Waals surface area contributed by atoms with Crippen LogP contribution in [-0.2, 0) is 11.3 Å². The summed E-state index contributed by atoms with van der Waals surface area (Å²) in [7, 11) is 0. The predicted octanol–water partition coefficient (Wildman–Crippen LogP) is 4.37. The maximum atomic E-state index is 12.4.